The summed E-state index contributed by atoms with van der Waals surface area (Å²) in [6.45, 7) is -0.424. The molecule has 1 atom stereocenters. The molecule has 0 unspecified atom stereocenters. The zero-order valence-electron chi connectivity index (χ0n) is 9.26. The number of halogens is 1. The maximum atomic E-state index is 12.9. The smallest absolute Gasteiger partial charge is 0.326 e. The first-order chi connectivity index (χ1) is 8.45. The molecule has 0 heterocycles. The molecule has 7 heteroatoms. The van der Waals surface area contributed by atoms with E-state index in [1.54, 1.807) is 0 Å². The number of aliphatic carboxylic acids is 1. The highest BCUT2D eigenvalue weighted by Gasteiger charge is 2.21. The van der Waals surface area contributed by atoms with E-state index in [0.29, 0.717) is 0 Å². The second-order valence-electron chi connectivity index (χ2n) is 3.54. The molecule has 1 aromatic carbocycles. The Balaban J connectivity index is 2.86. The van der Waals surface area contributed by atoms with Crippen LogP contribution in [0.2, 0.25) is 0 Å². The van der Waals surface area contributed by atoms with Crippen LogP contribution in [0.5, 0.6) is 5.75 Å². The monoisotopic (exact) mass is 257 g/mol. The van der Waals surface area contributed by atoms with Gasteiger partial charge in [-0.25, -0.2) is 9.18 Å². The summed E-state index contributed by atoms with van der Waals surface area (Å²) in [5, 5.41) is 28.8. The first-order valence-electron chi connectivity index (χ1n) is 5.08. The number of phenols is 1. The summed E-state index contributed by atoms with van der Waals surface area (Å²) in [5.74, 6) is -3.44. The molecule has 6 nitrogen and oxygen atoms in total. The molecule has 0 saturated carbocycles. The van der Waals surface area contributed by atoms with Gasteiger partial charge in [0, 0.05) is 13.0 Å². The van der Waals surface area contributed by atoms with Crippen LogP contribution in [0.4, 0.5) is 4.39 Å². The molecule has 1 aromatic rings. The third-order valence-electron chi connectivity index (χ3n) is 2.22. The van der Waals surface area contributed by atoms with E-state index in [2.05, 4.69) is 5.32 Å². The predicted molar refractivity (Wildman–Crippen MR) is 58.7 cm³/mol. The zero-order chi connectivity index (χ0) is 13.7. The van der Waals surface area contributed by atoms with E-state index < -0.39 is 36.1 Å². The standard InChI is InChI=1S/C11H12FNO5/c12-6-1-2-9(15)7(5-6)10(16)13-8(3-4-14)11(17)18/h1-2,5,8,14-15H,3-4H2,(H,13,16)(H,17,18)/t8-/m1/s1. The lowest BCUT2D eigenvalue weighted by atomic mass is 10.1. The molecule has 0 spiro atoms. The summed E-state index contributed by atoms with van der Waals surface area (Å²) in [4.78, 5) is 22.4. The van der Waals surface area contributed by atoms with Gasteiger partial charge in [-0.3, -0.25) is 4.79 Å². The van der Waals surface area contributed by atoms with E-state index in [1.165, 1.54) is 0 Å². The van der Waals surface area contributed by atoms with E-state index in [0.717, 1.165) is 18.2 Å². The average molecular weight is 257 g/mol. The maximum absolute atomic E-state index is 12.9. The third-order valence-corrected chi connectivity index (χ3v) is 2.22. The fourth-order valence-electron chi connectivity index (χ4n) is 1.31. The Labute approximate surface area is 102 Å². The molecule has 98 valence electrons. The first-order valence-corrected chi connectivity index (χ1v) is 5.08. The Bertz CT molecular complexity index is 463. The largest absolute Gasteiger partial charge is 0.507 e. The predicted octanol–water partition coefficient (Wildman–Crippen LogP) is 0.0967. The molecule has 0 radical (unpaired) electrons. The minimum Gasteiger partial charge on any atom is -0.507 e. The molecule has 0 bridgehead atoms. The SMILES string of the molecule is O=C(N[C@H](CCO)C(=O)O)c1cc(F)ccc1O. The van der Waals surface area contributed by atoms with Gasteiger partial charge in [-0.15, -0.1) is 0 Å². The number of phenolic OH excluding ortho intramolecular Hbond substituents is 1. The minimum atomic E-state index is -1.33. The summed E-state index contributed by atoms with van der Waals surface area (Å²) >= 11 is 0. The molecule has 0 aliphatic rings. The lowest BCUT2D eigenvalue weighted by Gasteiger charge is -2.13. The summed E-state index contributed by atoms with van der Waals surface area (Å²) in [6.07, 6.45) is -0.183. The minimum absolute atomic E-state index is 0.183. The maximum Gasteiger partial charge on any atom is 0.326 e. The van der Waals surface area contributed by atoms with Crippen molar-refractivity contribution in [3.63, 3.8) is 0 Å². The Kier molecular flexibility index (Phi) is 4.61. The molecule has 4 N–H and O–H groups in total. The normalized spacial score (nSPS) is 11.9. The Morgan fingerprint density at radius 2 is 2.06 bits per heavy atom. The Hall–Kier alpha value is -2.15. The average Bonchev–Trinajstić information content (AvgIpc) is 2.31. The number of aromatic hydroxyl groups is 1. The molecular formula is C11H12FNO5. The van der Waals surface area contributed by atoms with Crippen molar-refractivity contribution in [1.29, 1.82) is 0 Å². The fourth-order valence-corrected chi connectivity index (χ4v) is 1.31. The van der Waals surface area contributed by atoms with Gasteiger partial charge in [0.15, 0.2) is 0 Å². The van der Waals surface area contributed by atoms with Crippen LogP contribution >= 0.6 is 0 Å². The van der Waals surface area contributed by atoms with Crippen LogP contribution in [-0.4, -0.2) is 39.8 Å². The number of carboxylic acids is 1. The highest BCUT2D eigenvalue weighted by molar-refractivity contribution is 5.98. The van der Waals surface area contributed by atoms with Crippen LogP contribution in [0.3, 0.4) is 0 Å². The van der Waals surface area contributed by atoms with Gasteiger partial charge >= 0.3 is 5.97 Å². The molecule has 1 rings (SSSR count). The van der Waals surface area contributed by atoms with Crippen molar-refractivity contribution < 1.29 is 29.3 Å². The highest BCUT2D eigenvalue weighted by atomic mass is 19.1. The lowest BCUT2D eigenvalue weighted by Crippen LogP contribution is -2.41. The van der Waals surface area contributed by atoms with Gasteiger partial charge < -0.3 is 20.6 Å². The number of benzene rings is 1. The van der Waals surface area contributed by atoms with Crippen molar-refractivity contribution in [2.45, 2.75) is 12.5 Å². The highest BCUT2D eigenvalue weighted by Crippen LogP contribution is 2.17. The number of aliphatic hydroxyl groups excluding tert-OH is 1. The van der Waals surface area contributed by atoms with Gasteiger partial charge in [0.2, 0.25) is 0 Å². The van der Waals surface area contributed by atoms with Crippen LogP contribution in [-0.2, 0) is 4.79 Å². The number of nitrogens with one attached hydrogen (secondary N) is 1. The molecule has 0 saturated heterocycles. The molecule has 18 heavy (non-hydrogen) atoms. The number of rotatable bonds is 5. The van der Waals surface area contributed by atoms with Gasteiger partial charge in [0.1, 0.15) is 17.6 Å². The van der Waals surface area contributed by atoms with E-state index >= 15 is 0 Å². The molecule has 0 aliphatic heterocycles. The van der Waals surface area contributed by atoms with Gasteiger partial charge in [0.25, 0.3) is 5.91 Å². The first kappa shape index (κ1) is 13.9. The van der Waals surface area contributed by atoms with Crippen LogP contribution < -0.4 is 5.32 Å². The van der Waals surface area contributed by atoms with Gasteiger partial charge in [-0.2, -0.15) is 0 Å². The fraction of sp³-hybridized carbons (Fsp3) is 0.273. The molecule has 0 fully saturated rings. The van der Waals surface area contributed by atoms with Gasteiger partial charge in [-0.05, 0) is 18.2 Å². The van der Waals surface area contributed by atoms with Crippen LogP contribution in [0.15, 0.2) is 18.2 Å². The summed E-state index contributed by atoms with van der Waals surface area (Å²) in [5.41, 5.74) is -0.362. The van der Waals surface area contributed by atoms with Crippen molar-refractivity contribution in [2.24, 2.45) is 0 Å². The number of aliphatic hydroxyl groups is 1. The zero-order valence-corrected chi connectivity index (χ0v) is 9.26. The van der Waals surface area contributed by atoms with Crippen LogP contribution in [0, 0.1) is 5.82 Å². The summed E-state index contributed by atoms with van der Waals surface area (Å²) < 4.78 is 12.9. The Morgan fingerprint density at radius 1 is 1.39 bits per heavy atom. The quantitative estimate of drug-likeness (QED) is 0.598. The van der Waals surface area contributed by atoms with Gasteiger partial charge in [-0.1, -0.05) is 0 Å². The van der Waals surface area contributed by atoms with Crippen molar-refractivity contribution in [2.75, 3.05) is 6.61 Å². The molecular weight excluding hydrogens is 245 g/mol. The molecule has 1 amide bonds. The van der Waals surface area contributed by atoms with E-state index in [1.807, 2.05) is 0 Å². The van der Waals surface area contributed by atoms with Crippen LogP contribution in [0.25, 0.3) is 0 Å². The van der Waals surface area contributed by atoms with Gasteiger partial charge in [0.05, 0.1) is 5.56 Å². The van der Waals surface area contributed by atoms with Crippen molar-refractivity contribution in [1.82, 2.24) is 5.32 Å². The number of hydrogen-bond acceptors (Lipinski definition) is 4. The number of carbonyl (C=O) groups excluding carboxylic acids is 1. The van der Waals surface area contributed by atoms with E-state index in [4.69, 9.17) is 10.2 Å². The number of amides is 1. The summed E-state index contributed by atoms with van der Waals surface area (Å²) in [7, 11) is 0. The number of carbonyl (C=O) groups is 2. The van der Waals surface area contributed by atoms with Crippen molar-refractivity contribution in [3.05, 3.63) is 29.6 Å². The third kappa shape index (κ3) is 3.42. The van der Waals surface area contributed by atoms with Crippen molar-refractivity contribution in [3.8, 4) is 5.75 Å². The second kappa shape index (κ2) is 5.97. The topological polar surface area (TPSA) is 107 Å². The van der Waals surface area contributed by atoms with Crippen LogP contribution in [0.1, 0.15) is 16.8 Å². The lowest BCUT2D eigenvalue weighted by molar-refractivity contribution is -0.139. The number of hydrogen-bond donors (Lipinski definition) is 4. The summed E-state index contributed by atoms with van der Waals surface area (Å²) in [6, 6.07) is 1.45. The second-order valence-corrected chi connectivity index (χ2v) is 3.54. The molecule has 0 aliphatic carbocycles. The molecule has 0 aromatic heterocycles. The Morgan fingerprint density at radius 3 is 2.61 bits per heavy atom. The van der Waals surface area contributed by atoms with E-state index in [9.17, 15) is 19.1 Å². The van der Waals surface area contributed by atoms with Crippen molar-refractivity contribution >= 4 is 11.9 Å². The number of carboxylic acid groups (broad SMARTS) is 1. The van der Waals surface area contributed by atoms with E-state index in [-0.39, 0.29) is 12.0 Å².